The minimum atomic E-state index is 1.00. The van der Waals surface area contributed by atoms with Crippen LogP contribution in [-0.2, 0) is 0 Å². The van der Waals surface area contributed by atoms with Crippen LogP contribution in [0.5, 0.6) is 0 Å². The highest BCUT2D eigenvalue weighted by atomic mass is 16.2. The Morgan fingerprint density at radius 1 is 0.389 bits per heavy atom. The number of aliphatic hydroxyl groups is 1. The van der Waals surface area contributed by atoms with Crippen LogP contribution in [0.1, 0.15) is 104 Å². The molecule has 0 aromatic rings. The van der Waals surface area contributed by atoms with Gasteiger partial charge in [0.2, 0.25) is 0 Å². The van der Waals surface area contributed by atoms with E-state index in [0.29, 0.717) is 0 Å². The van der Waals surface area contributed by atoms with Crippen molar-refractivity contribution in [2.24, 2.45) is 0 Å². The number of unbranched alkanes of at least 4 members (excludes halogenated alkanes) is 13. The quantitative estimate of drug-likeness (QED) is 0.396. The van der Waals surface area contributed by atoms with Gasteiger partial charge in [0.15, 0.2) is 0 Å². The van der Waals surface area contributed by atoms with E-state index < -0.39 is 0 Å². The highest BCUT2D eigenvalue weighted by molar-refractivity contribution is 4.48. The van der Waals surface area contributed by atoms with Crippen molar-refractivity contribution in [2.75, 3.05) is 7.11 Å². The molecule has 1 N–H and O–H groups in total. The van der Waals surface area contributed by atoms with Crippen LogP contribution in [-0.4, -0.2) is 12.2 Å². The van der Waals surface area contributed by atoms with Gasteiger partial charge in [0.25, 0.3) is 0 Å². The highest BCUT2D eigenvalue weighted by Gasteiger charge is 1.92. The smallest absolute Gasteiger partial charge is 0.0319 e. The van der Waals surface area contributed by atoms with Crippen LogP contribution in [0.4, 0.5) is 0 Å². The van der Waals surface area contributed by atoms with Gasteiger partial charge in [0.05, 0.1) is 0 Å². The van der Waals surface area contributed by atoms with Gasteiger partial charge in [-0.05, 0) is 0 Å². The fourth-order valence-electron chi connectivity index (χ4n) is 2.27. The molecule has 0 atom stereocenters. The van der Waals surface area contributed by atoms with Crippen LogP contribution >= 0.6 is 0 Å². The molecular weight excluding hydrogens is 220 g/mol. The molecule has 0 amide bonds. The third-order valence-corrected chi connectivity index (χ3v) is 3.46. The van der Waals surface area contributed by atoms with Crippen LogP contribution in [0.15, 0.2) is 0 Å². The molecule has 0 saturated heterocycles. The summed E-state index contributed by atoms with van der Waals surface area (Å²) >= 11 is 0. The van der Waals surface area contributed by atoms with E-state index >= 15 is 0 Å². The Labute approximate surface area is 116 Å². The average molecular weight is 258 g/mol. The molecule has 0 aromatic carbocycles. The molecule has 0 bridgehead atoms. The monoisotopic (exact) mass is 258 g/mol. The Kier molecular flexibility index (Phi) is 25.0. The Bertz CT molecular complexity index is 98.2. The lowest BCUT2D eigenvalue weighted by Crippen LogP contribution is -1.82. The SMILES string of the molecule is CCCCCCCCCCCCCCCC.CO. The van der Waals surface area contributed by atoms with E-state index in [1.165, 1.54) is 89.9 Å². The van der Waals surface area contributed by atoms with Gasteiger partial charge in [-0.3, -0.25) is 0 Å². The van der Waals surface area contributed by atoms with Crippen LogP contribution in [0, 0.1) is 0 Å². The molecule has 0 saturated carbocycles. The van der Waals surface area contributed by atoms with Crippen molar-refractivity contribution in [3.05, 3.63) is 0 Å². The Morgan fingerprint density at radius 2 is 0.556 bits per heavy atom. The van der Waals surface area contributed by atoms with Gasteiger partial charge in [-0.25, -0.2) is 0 Å². The van der Waals surface area contributed by atoms with E-state index in [-0.39, 0.29) is 0 Å². The first-order valence-corrected chi connectivity index (χ1v) is 8.36. The predicted molar refractivity (Wildman–Crippen MR) is 84.1 cm³/mol. The lowest BCUT2D eigenvalue weighted by Gasteiger charge is -2.02. The molecule has 0 fully saturated rings. The first-order chi connectivity index (χ1) is 8.91. The van der Waals surface area contributed by atoms with Gasteiger partial charge in [-0.15, -0.1) is 0 Å². The van der Waals surface area contributed by atoms with Gasteiger partial charge >= 0.3 is 0 Å². The molecule has 1 nitrogen and oxygen atoms in total. The second kappa shape index (κ2) is 22.2. The zero-order chi connectivity index (χ0) is 13.9. The number of rotatable bonds is 13. The summed E-state index contributed by atoms with van der Waals surface area (Å²) in [5.41, 5.74) is 0. The minimum absolute atomic E-state index is 1.00. The molecule has 112 valence electrons. The zero-order valence-corrected chi connectivity index (χ0v) is 13.3. The summed E-state index contributed by atoms with van der Waals surface area (Å²) in [4.78, 5) is 0. The second-order valence-electron chi connectivity index (χ2n) is 5.24. The molecule has 0 aliphatic heterocycles. The molecule has 0 heterocycles. The van der Waals surface area contributed by atoms with Gasteiger partial charge in [-0.1, -0.05) is 104 Å². The topological polar surface area (TPSA) is 20.2 Å². The third-order valence-electron chi connectivity index (χ3n) is 3.46. The van der Waals surface area contributed by atoms with E-state index in [9.17, 15) is 0 Å². The maximum atomic E-state index is 7.00. The third kappa shape index (κ3) is 21.3. The van der Waals surface area contributed by atoms with E-state index in [2.05, 4.69) is 13.8 Å². The van der Waals surface area contributed by atoms with Crippen molar-refractivity contribution in [3.8, 4) is 0 Å². The summed E-state index contributed by atoms with van der Waals surface area (Å²) in [6.07, 6.45) is 20.4. The van der Waals surface area contributed by atoms with Crippen molar-refractivity contribution in [1.82, 2.24) is 0 Å². The summed E-state index contributed by atoms with van der Waals surface area (Å²) in [6.45, 7) is 4.58. The zero-order valence-electron chi connectivity index (χ0n) is 13.3. The van der Waals surface area contributed by atoms with Gasteiger partial charge < -0.3 is 5.11 Å². The first-order valence-electron chi connectivity index (χ1n) is 8.36. The Morgan fingerprint density at radius 3 is 0.722 bits per heavy atom. The molecule has 18 heavy (non-hydrogen) atoms. The van der Waals surface area contributed by atoms with Crippen molar-refractivity contribution in [3.63, 3.8) is 0 Å². The fourth-order valence-corrected chi connectivity index (χ4v) is 2.27. The molecular formula is C17H38O. The Hall–Kier alpha value is -0.0400. The fraction of sp³-hybridized carbons (Fsp3) is 1.00. The number of hydrogen-bond donors (Lipinski definition) is 1. The van der Waals surface area contributed by atoms with Gasteiger partial charge in [0, 0.05) is 7.11 Å². The summed E-state index contributed by atoms with van der Waals surface area (Å²) in [7, 11) is 1.00. The minimum Gasteiger partial charge on any atom is -0.400 e. The molecule has 0 rings (SSSR count). The lowest BCUT2D eigenvalue weighted by atomic mass is 10.0. The van der Waals surface area contributed by atoms with Crippen LogP contribution in [0.25, 0.3) is 0 Å². The Balaban J connectivity index is 0. The molecule has 0 spiro atoms. The normalized spacial score (nSPS) is 10.0. The van der Waals surface area contributed by atoms with Gasteiger partial charge in [0.1, 0.15) is 0 Å². The molecule has 1 heteroatoms. The lowest BCUT2D eigenvalue weighted by molar-refractivity contribution is 0.399. The highest BCUT2D eigenvalue weighted by Crippen LogP contribution is 2.12. The van der Waals surface area contributed by atoms with Gasteiger partial charge in [-0.2, -0.15) is 0 Å². The van der Waals surface area contributed by atoms with Crippen molar-refractivity contribution in [2.45, 2.75) is 104 Å². The van der Waals surface area contributed by atoms with E-state index in [1.807, 2.05) is 0 Å². The maximum absolute atomic E-state index is 7.00. The standard InChI is InChI=1S/C16H34.CH4O/c1-3-5-7-9-11-13-15-16-14-12-10-8-6-4-2;1-2/h3-16H2,1-2H3;2H,1H3. The number of hydrogen-bond acceptors (Lipinski definition) is 1. The summed E-state index contributed by atoms with van der Waals surface area (Å²) in [5, 5.41) is 7.00. The molecule has 0 aliphatic carbocycles. The van der Waals surface area contributed by atoms with Crippen LogP contribution in [0.3, 0.4) is 0 Å². The maximum Gasteiger partial charge on any atom is 0.0319 e. The first kappa shape index (κ1) is 20.3. The largest absolute Gasteiger partial charge is 0.400 e. The second-order valence-corrected chi connectivity index (χ2v) is 5.24. The summed E-state index contributed by atoms with van der Waals surface area (Å²) < 4.78 is 0. The molecule has 0 radical (unpaired) electrons. The van der Waals surface area contributed by atoms with E-state index in [0.717, 1.165) is 7.11 Å². The molecule has 0 aliphatic rings. The van der Waals surface area contributed by atoms with Crippen LogP contribution < -0.4 is 0 Å². The van der Waals surface area contributed by atoms with Crippen molar-refractivity contribution < 1.29 is 5.11 Å². The summed E-state index contributed by atoms with van der Waals surface area (Å²) in [6, 6.07) is 0. The van der Waals surface area contributed by atoms with E-state index in [4.69, 9.17) is 5.11 Å². The van der Waals surface area contributed by atoms with Crippen molar-refractivity contribution in [1.29, 1.82) is 0 Å². The summed E-state index contributed by atoms with van der Waals surface area (Å²) in [5.74, 6) is 0. The van der Waals surface area contributed by atoms with E-state index in [1.54, 1.807) is 0 Å². The number of aliphatic hydroxyl groups excluding tert-OH is 1. The molecule has 0 aromatic heterocycles. The predicted octanol–water partition coefficient (Wildman–Crippen LogP) is 6.10. The van der Waals surface area contributed by atoms with Crippen LogP contribution in [0.2, 0.25) is 0 Å². The van der Waals surface area contributed by atoms with Crippen molar-refractivity contribution >= 4 is 0 Å². The molecule has 0 unspecified atom stereocenters. The average Bonchev–Trinajstić information content (AvgIpc) is 2.42.